The van der Waals surface area contributed by atoms with Gasteiger partial charge in [0.05, 0.1) is 18.6 Å². The van der Waals surface area contributed by atoms with Crippen molar-refractivity contribution in [2.24, 2.45) is 16.1 Å². The van der Waals surface area contributed by atoms with E-state index in [4.69, 9.17) is 10.5 Å². The number of hydrogen-bond donors (Lipinski definition) is 1. The molecule has 9 heavy (non-hydrogen) atoms. The molecule has 52 valence electrons. The Hall–Kier alpha value is -0.570. The van der Waals surface area contributed by atoms with E-state index in [1.54, 1.807) is 7.05 Å². The molecule has 1 rings (SSSR count). The van der Waals surface area contributed by atoms with Gasteiger partial charge in [0.2, 0.25) is 0 Å². The van der Waals surface area contributed by atoms with Gasteiger partial charge in [0.25, 0.3) is 0 Å². The molecule has 1 aliphatic rings. The molecule has 0 spiro atoms. The summed E-state index contributed by atoms with van der Waals surface area (Å²) in [5.41, 5.74) is 5.62. The molecule has 0 aromatic heterocycles. The Balaban J connectivity index is 2.59. The molecule has 0 radical (unpaired) electrons. The molecule has 1 fully saturated rings. The SMILES string of the molecule is CN=C(N)C1(C)COC1. The molecule has 3 nitrogen and oxygen atoms in total. The minimum atomic E-state index is 0.0365. The summed E-state index contributed by atoms with van der Waals surface area (Å²) >= 11 is 0. The standard InChI is InChI=1S/C6H12N2O/c1-6(3-9-4-6)5(7)8-2/h3-4H2,1-2H3,(H2,7,8). The zero-order valence-electron chi connectivity index (χ0n) is 5.85. The molecule has 1 aliphatic heterocycles. The fourth-order valence-corrected chi connectivity index (χ4v) is 0.826. The third-order valence-electron chi connectivity index (χ3n) is 1.70. The molecular formula is C6H12N2O. The van der Waals surface area contributed by atoms with Crippen LogP contribution in [-0.2, 0) is 4.74 Å². The van der Waals surface area contributed by atoms with E-state index in [0.29, 0.717) is 5.84 Å². The monoisotopic (exact) mass is 128 g/mol. The molecule has 1 heterocycles. The first-order chi connectivity index (χ1) is 4.19. The topological polar surface area (TPSA) is 47.6 Å². The van der Waals surface area contributed by atoms with Gasteiger partial charge in [0.1, 0.15) is 5.84 Å². The van der Waals surface area contributed by atoms with Crippen LogP contribution in [0.1, 0.15) is 6.92 Å². The molecular weight excluding hydrogens is 116 g/mol. The van der Waals surface area contributed by atoms with Gasteiger partial charge < -0.3 is 10.5 Å². The maximum atomic E-state index is 5.58. The van der Waals surface area contributed by atoms with Crippen LogP contribution in [0.4, 0.5) is 0 Å². The van der Waals surface area contributed by atoms with E-state index < -0.39 is 0 Å². The first kappa shape index (κ1) is 6.55. The molecule has 0 unspecified atom stereocenters. The molecule has 0 atom stereocenters. The number of ether oxygens (including phenoxy) is 1. The highest BCUT2D eigenvalue weighted by atomic mass is 16.5. The van der Waals surface area contributed by atoms with Crippen molar-refractivity contribution in [1.29, 1.82) is 0 Å². The van der Waals surface area contributed by atoms with Gasteiger partial charge >= 0.3 is 0 Å². The van der Waals surface area contributed by atoms with E-state index in [1.165, 1.54) is 0 Å². The van der Waals surface area contributed by atoms with Crippen LogP contribution in [0.5, 0.6) is 0 Å². The van der Waals surface area contributed by atoms with E-state index in [2.05, 4.69) is 11.9 Å². The number of nitrogens with zero attached hydrogens (tertiary/aromatic N) is 1. The van der Waals surface area contributed by atoms with E-state index in [9.17, 15) is 0 Å². The summed E-state index contributed by atoms with van der Waals surface area (Å²) in [7, 11) is 1.71. The minimum Gasteiger partial charge on any atom is -0.387 e. The molecule has 3 heteroatoms. The minimum absolute atomic E-state index is 0.0365. The second-order valence-electron chi connectivity index (χ2n) is 2.66. The van der Waals surface area contributed by atoms with Crippen molar-refractivity contribution >= 4 is 5.84 Å². The number of hydrogen-bond acceptors (Lipinski definition) is 2. The third kappa shape index (κ3) is 0.920. The summed E-state index contributed by atoms with van der Waals surface area (Å²) in [6.45, 7) is 3.49. The molecule has 0 aliphatic carbocycles. The summed E-state index contributed by atoms with van der Waals surface area (Å²) in [6, 6.07) is 0. The maximum Gasteiger partial charge on any atom is 0.104 e. The summed E-state index contributed by atoms with van der Waals surface area (Å²) in [5, 5.41) is 0. The normalized spacial score (nSPS) is 25.3. The Bertz CT molecular complexity index is 138. The first-order valence-electron chi connectivity index (χ1n) is 2.99. The Morgan fingerprint density at radius 3 is 2.33 bits per heavy atom. The van der Waals surface area contributed by atoms with Crippen LogP contribution in [0, 0.1) is 5.41 Å². The first-order valence-corrected chi connectivity index (χ1v) is 2.99. The zero-order chi connectivity index (χ0) is 6.91. The average molecular weight is 128 g/mol. The van der Waals surface area contributed by atoms with E-state index in [0.717, 1.165) is 13.2 Å². The van der Waals surface area contributed by atoms with Crippen molar-refractivity contribution in [2.45, 2.75) is 6.92 Å². The molecule has 0 amide bonds. The lowest BCUT2D eigenvalue weighted by atomic mass is 9.87. The van der Waals surface area contributed by atoms with Crippen LogP contribution >= 0.6 is 0 Å². The smallest absolute Gasteiger partial charge is 0.104 e. The third-order valence-corrected chi connectivity index (χ3v) is 1.70. The largest absolute Gasteiger partial charge is 0.387 e. The van der Waals surface area contributed by atoms with Crippen LogP contribution in [-0.4, -0.2) is 26.1 Å². The van der Waals surface area contributed by atoms with Crippen LogP contribution in [0.25, 0.3) is 0 Å². The van der Waals surface area contributed by atoms with Crippen LogP contribution < -0.4 is 5.73 Å². The number of aliphatic imine (C=N–C) groups is 1. The van der Waals surface area contributed by atoms with Crippen molar-refractivity contribution in [3.63, 3.8) is 0 Å². The molecule has 0 saturated carbocycles. The average Bonchev–Trinajstić information content (AvgIpc) is 1.81. The molecule has 0 aromatic carbocycles. The maximum absolute atomic E-state index is 5.58. The van der Waals surface area contributed by atoms with Gasteiger partial charge in [-0.05, 0) is 6.92 Å². The summed E-state index contributed by atoms with van der Waals surface area (Å²) in [5.74, 6) is 0.703. The lowest BCUT2D eigenvalue weighted by molar-refractivity contribution is -0.0590. The molecule has 0 bridgehead atoms. The van der Waals surface area contributed by atoms with Crippen molar-refractivity contribution in [1.82, 2.24) is 0 Å². The summed E-state index contributed by atoms with van der Waals surface area (Å²) in [4.78, 5) is 3.90. The van der Waals surface area contributed by atoms with Crippen molar-refractivity contribution in [2.75, 3.05) is 20.3 Å². The fourth-order valence-electron chi connectivity index (χ4n) is 0.826. The summed E-state index contributed by atoms with van der Waals surface area (Å²) in [6.07, 6.45) is 0. The van der Waals surface area contributed by atoms with E-state index in [1.807, 2.05) is 0 Å². The highest BCUT2D eigenvalue weighted by Gasteiger charge is 2.36. The number of amidine groups is 1. The zero-order valence-corrected chi connectivity index (χ0v) is 5.85. The predicted octanol–water partition coefficient (Wildman–Crippen LogP) is 0.00990. The highest BCUT2D eigenvalue weighted by Crippen LogP contribution is 2.25. The quantitative estimate of drug-likeness (QED) is 0.399. The van der Waals surface area contributed by atoms with Crippen molar-refractivity contribution < 1.29 is 4.74 Å². The Labute approximate surface area is 54.9 Å². The van der Waals surface area contributed by atoms with Gasteiger partial charge in [-0.25, -0.2) is 0 Å². The van der Waals surface area contributed by atoms with Gasteiger partial charge in [-0.2, -0.15) is 0 Å². The number of nitrogens with two attached hydrogens (primary N) is 1. The lowest BCUT2D eigenvalue weighted by Gasteiger charge is -2.37. The second-order valence-corrected chi connectivity index (χ2v) is 2.66. The lowest BCUT2D eigenvalue weighted by Crippen LogP contribution is -2.50. The van der Waals surface area contributed by atoms with Gasteiger partial charge in [-0.1, -0.05) is 0 Å². The van der Waals surface area contributed by atoms with Gasteiger partial charge in [0, 0.05) is 7.05 Å². The van der Waals surface area contributed by atoms with Crippen LogP contribution in [0.15, 0.2) is 4.99 Å². The highest BCUT2D eigenvalue weighted by molar-refractivity contribution is 5.87. The Morgan fingerprint density at radius 2 is 2.22 bits per heavy atom. The Morgan fingerprint density at radius 1 is 1.67 bits per heavy atom. The summed E-state index contributed by atoms with van der Waals surface area (Å²) < 4.78 is 5.00. The predicted molar refractivity (Wildman–Crippen MR) is 36.5 cm³/mol. The van der Waals surface area contributed by atoms with Crippen LogP contribution in [0.2, 0.25) is 0 Å². The van der Waals surface area contributed by atoms with E-state index in [-0.39, 0.29) is 5.41 Å². The fraction of sp³-hybridized carbons (Fsp3) is 0.833. The molecule has 0 aromatic rings. The number of rotatable bonds is 1. The molecule has 2 N–H and O–H groups in total. The van der Waals surface area contributed by atoms with E-state index >= 15 is 0 Å². The van der Waals surface area contributed by atoms with Crippen molar-refractivity contribution in [3.05, 3.63) is 0 Å². The van der Waals surface area contributed by atoms with Crippen LogP contribution in [0.3, 0.4) is 0 Å². The van der Waals surface area contributed by atoms with Gasteiger partial charge in [-0.15, -0.1) is 0 Å². The van der Waals surface area contributed by atoms with Crippen molar-refractivity contribution in [3.8, 4) is 0 Å². The van der Waals surface area contributed by atoms with Gasteiger partial charge in [-0.3, -0.25) is 4.99 Å². The second kappa shape index (κ2) is 1.99. The molecule has 1 saturated heterocycles. The van der Waals surface area contributed by atoms with Gasteiger partial charge in [0.15, 0.2) is 0 Å². The Kier molecular flexibility index (Phi) is 1.45.